The van der Waals surface area contributed by atoms with E-state index in [0.717, 1.165) is 33.5 Å². The summed E-state index contributed by atoms with van der Waals surface area (Å²) >= 11 is 0. The number of nitrogens with zero attached hydrogens (tertiary/aromatic N) is 4. The van der Waals surface area contributed by atoms with Gasteiger partial charge in [0.05, 0.1) is 19.3 Å². The molecule has 1 amide bonds. The van der Waals surface area contributed by atoms with E-state index in [0.29, 0.717) is 24.5 Å². The fourth-order valence-electron chi connectivity index (χ4n) is 4.73. The summed E-state index contributed by atoms with van der Waals surface area (Å²) in [6, 6.07) is 15.7. The SMILES string of the molecule is O=C(C1Cc2ccc(-c3nccc(Nc4ccc(-c5cn[nH]c5)cc4)n3)cc2C1)N1CC(F)(F)C1. The van der Waals surface area contributed by atoms with Gasteiger partial charge in [-0.1, -0.05) is 24.3 Å². The van der Waals surface area contributed by atoms with E-state index in [1.165, 1.54) is 4.90 Å². The van der Waals surface area contributed by atoms with Crippen LogP contribution < -0.4 is 5.32 Å². The molecule has 4 aromatic rings. The number of rotatable bonds is 5. The number of hydrogen-bond acceptors (Lipinski definition) is 5. The van der Waals surface area contributed by atoms with Gasteiger partial charge in [-0.2, -0.15) is 5.10 Å². The van der Waals surface area contributed by atoms with E-state index < -0.39 is 19.0 Å². The standard InChI is InChI=1S/C26H22F2N6O/c27-26(28)14-34(15-26)25(35)20-9-17-1-2-18(10-19(17)11-20)24-29-8-7-23(33-24)32-22-5-3-16(4-6-22)21-12-30-31-13-21/h1-8,10,12-13,20H,9,11,14-15H2,(H,30,31)(H,29,32,33). The zero-order valence-electron chi connectivity index (χ0n) is 18.7. The molecule has 3 heterocycles. The van der Waals surface area contributed by atoms with Gasteiger partial charge in [0.25, 0.3) is 5.92 Å². The number of aromatic nitrogens is 4. The summed E-state index contributed by atoms with van der Waals surface area (Å²) in [5, 5.41) is 10.1. The minimum absolute atomic E-state index is 0.185. The van der Waals surface area contributed by atoms with Gasteiger partial charge in [0.1, 0.15) is 5.82 Å². The van der Waals surface area contributed by atoms with Crippen LogP contribution in [0.2, 0.25) is 0 Å². The van der Waals surface area contributed by atoms with Crippen molar-refractivity contribution in [2.75, 3.05) is 18.4 Å². The highest BCUT2D eigenvalue weighted by Gasteiger charge is 2.48. The molecule has 1 fully saturated rings. The number of halogens is 2. The van der Waals surface area contributed by atoms with E-state index in [9.17, 15) is 13.6 Å². The maximum Gasteiger partial charge on any atom is 0.282 e. The summed E-state index contributed by atoms with van der Waals surface area (Å²) < 4.78 is 26.3. The number of amides is 1. The summed E-state index contributed by atoms with van der Waals surface area (Å²) in [7, 11) is 0. The number of carbonyl (C=O) groups excluding carboxylic acids is 1. The molecular formula is C26H22F2N6O. The molecule has 0 saturated carbocycles. The Kier molecular flexibility index (Phi) is 5.05. The maximum atomic E-state index is 13.2. The smallest absolute Gasteiger partial charge is 0.282 e. The number of alkyl halides is 2. The van der Waals surface area contributed by atoms with Gasteiger partial charge in [0, 0.05) is 35.1 Å². The maximum absolute atomic E-state index is 13.2. The molecule has 2 aliphatic rings. The van der Waals surface area contributed by atoms with Crippen molar-refractivity contribution in [3.8, 4) is 22.5 Å². The van der Waals surface area contributed by atoms with E-state index in [1.54, 1.807) is 18.5 Å². The Morgan fingerprint density at radius 2 is 1.77 bits per heavy atom. The van der Waals surface area contributed by atoms with Crippen LogP contribution in [-0.2, 0) is 17.6 Å². The number of benzene rings is 2. The van der Waals surface area contributed by atoms with Crippen molar-refractivity contribution in [1.29, 1.82) is 0 Å². The highest BCUT2D eigenvalue weighted by molar-refractivity contribution is 5.81. The van der Waals surface area contributed by atoms with Crippen LogP contribution >= 0.6 is 0 Å². The third kappa shape index (κ3) is 4.25. The molecule has 1 saturated heterocycles. The summed E-state index contributed by atoms with van der Waals surface area (Å²) in [6.07, 6.45) is 6.45. The Bertz CT molecular complexity index is 1380. The average Bonchev–Trinajstić information content (AvgIpc) is 3.52. The number of aromatic amines is 1. The molecule has 9 heteroatoms. The number of H-pyrrole nitrogens is 1. The first kappa shape index (κ1) is 21.4. The summed E-state index contributed by atoms with van der Waals surface area (Å²) in [4.78, 5) is 22.9. The number of fused-ring (bicyclic) bond motifs is 1. The van der Waals surface area contributed by atoms with Gasteiger partial charge in [-0.3, -0.25) is 9.89 Å². The molecule has 2 aromatic heterocycles. The van der Waals surface area contributed by atoms with Crippen LogP contribution in [0.4, 0.5) is 20.3 Å². The van der Waals surface area contributed by atoms with Crippen LogP contribution in [0.15, 0.2) is 67.1 Å². The van der Waals surface area contributed by atoms with Gasteiger partial charge in [0.15, 0.2) is 5.82 Å². The van der Waals surface area contributed by atoms with Crippen molar-refractivity contribution < 1.29 is 13.6 Å². The fourth-order valence-corrected chi connectivity index (χ4v) is 4.73. The first-order valence-electron chi connectivity index (χ1n) is 11.4. The fraction of sp³-hybridized carbons (Fsp3) is 0.231. The lowest BCUT2D eigenvalue weighted by molar-refractivity contribution is -0.169. The molecule has 2 aromatic carbocycles. The van der Waals surface area contributed by atoms with Crippen molar-refractivity contribution >= 4 is 17.4 Å². The summed E-state index contributed by atoms with van der Waals surface area (Å²) in [5.41, 5.74) is 5.95. The Hall–Kier alpha value is -4.14. The normalized spacial score (nSPS) is 18.1. The number of hydrogen-bond donors (Lipinski definition) is 2. The van der Waals surface area contributed by atoms with E-state index in [-0.39, 0.29) is 11.8 Å². The van der Waals surface area contributed by atoms with E-state index in [1.807, 2.05) is 48.7 Å². The lowest BCUT2D eigenvalue weighted by Crippen LogP contribution is -2.59. The largest absolute Gasteiger partial charge is 0.340 e. The number of likely N-dealkylation sites (tertiary alicyclic amines) is 1. The Morgan fingerprint density at radius 3 is 2.51 bits per heavy atom. The van der Waals surface area contributed by atoms with E-state index in [4.69, 9.17) is 0 Å². The zero-order chi connectivity index (χ0) is 24.0. The van der Waals surface area contributed by atoms with Crippen molar-refractivity contribution in [3.63, 3.8) is 0 Å². The van der Waals surface area contributed by atoms with Crippen molar-refractivity contribution in [1.82, 2.24) is 25.1 Å². The zero-order valence-corrected chi connectivity index (χ0v) is 18.7. The monoisotopic (exact) mass is 472 g/mol. The van der Waals surface area contributed by atoms with Crippen LogP contribution in [0.25, 0.3) is 22.5 Å². The van der Waals surface area contributed by atoms with Crippen molar-refractivity contribution in [3.05, 3.63) is 78.2 Å². The molecule has 35 heavy (non-hydrogen) atoms. The van der Waals surface area contributed by atoms with Gasteiger partial charge < -0.3 is 10.2 Å². The predicted octanol–water partition coefficient (Wildman–Crippen LogP) is 4.47. The Labute approximate surface area is 200 Å². The van der Waals surface area contributed by atoms with Crippen LogP contribution in [0.3, 0.4) is 0 Å². The van der Waals surface area contributed by atoms with Crippen LogP contribution in [0.5, 0.6) is 0 Å². The molecule has 0 radical (unpaired) electrons. The van der Waals surface area contributed by atoms with Crippen molar-refractivity contribution in [2.24, 2.45) is 5.92 Å². The molecule has 0 bridgehead atoms. The second-order valence-electron chi connectivity index (χ2n) is 9.09. The van der Waals surface area contributed by atoms with Gasteiger partial charge in [-0.15, -0.1) is 0 Å². The summed E-state index contributed by atoms with van der Waals surface area (Å²) in [6.45, 7) is -0.937. The van der Waals surface area contributed by atoms with Crippen LogP contribution in [0, 0.1) is 5.92 Å². The first-order chi connectivity index (χ1) is 16.9. The lowest BCUT2D eigenvalue weighted by atomic mass is 10.0. The molecule has 7 nitrogen and oxygen atoms in total. The van der Waals surface area contributed by atoms with Crippen LogP contribution in [0.1, 0.15) is 11.1 Å². The summed E-state index contributed by atoms with van der Waals surface area (Å²) in [5.74, 6) is -1.97. The van der Waals surface area contributed by atoms with Crippen LogP contribution in [-0.4, -0.2) is 50.0 Å². The van der Waals surface area contributed by atoms with Gasteiger partial charge in [-0.25, -0.2) is 18.7 Å². The minimum Gasteiger partial charge on any atom is -0.340 e. The van der Waals surface area contributed by atoms with Crippen molar-refractivity contribution in [2.45, 2.75) is 18.8 Å². The molecule has 6 rings (SSSR count). The van der Waals surface area contributed by atoms with Gasteiger partial charge in [0.2, 0.25) is 5.91 Å². The molecule has 1 aliphatic heterocycles. The molecule has 1 atom stereocenters. The Morgan fingerprint density at radius 1 is 1.00 bits per heavy atom. The minimum atomic E-state index is -2.74. The molecule has 176 valence electrons. The topological polar surface area (TPSA) is 86.8 Å². The Balaban J connectivity index is 1.15. The molecular weight excluding hydrogens is 450 g/mol. The third-order valence-corrected chi connectivity index (χ3v) is 6.55. The quantitative estimate of drug-likeness (QED) is 0.448. The first-order valence-corrected chi connectivity index (χ1v) is 11.4. The molecule has 0 spiro atoms. The van der Waals surface area contributed by atoms with E-state index >= 15 is 0 Å². The molecule has 2 N–H and O–H groups in total. The lowest BCUT2D eigenvalue weighted by Gasteiger charge is -2.40. The van der Waals surface area contributed by atoms with Gasteiger partial charge in [-0.05, 0) is 53.8 Å². The second-order valence-corrected chi connectivity index (χ2v) is 9.09. The highest BCUT2D eigenvalue weighted by atomic mass is 19.3. The van der Waals surface area contributed by atoms with Gasteiger partial charge >= 0.3 is 0 Å². The second kappa shape index (κ2) is 8.26. The third-order valence-electron chi connectivity index (χ3n) is 6.55. The number of anilines is 2. The predicted molar refractivity (Wildman–Crippen MR) is 127 cm³/mol. The highest BCUT2D eigenvalue weighted by Crippen LogP contribution is 2.34. The molecule has 1 unspecified atom stereocenters. The number of nitrogens with one attached hydrogen (secondary N) is 2. The average molecular weight is 472 g/mol. The molecule has 1 aliphatic carbocycles. The van der Waals surface area contributed by atoms with E-state index in [2.05, 4.69) is 25.5 Å². The number of carbonyl (C=O) groups is 1.